The van der Waals surface area contributed by atoms with Gasteiger partial charge in [0.05, 0.1) is 0 Å². The Morgan fingerprint density at radius 3 is 3.12 bits per heavy atom. The zero-order chi connectivity index (χ0) is 11.5. The Kier molecular flexibility index (Phi) is 3.29. The van der Waals surface area contributed by atoms with Crippen LogP contribution in [0.2, 0.25) is 0 Å². The molecular formula is C12H19N3O. The molecule has 2 rings (SSSR count). The van der Waals surface area contributed by atoms with E-state index in [9.17, 15) is 4.79 Å². The second kappa shape index (κ2) is 4.70. The molecule has 1 heterocycles. The monoisotopic (exact) mass is 221 g/mol. The molecule has 4 heteroatoms. The summed E-state index contributed by atoms with van der Waals surface area (Å²) in [5, 5.41) is 2.63. The molecule has 1 atom stereocenters. The lowest BCUT2D eigenvalue weighted by atomic mass is 9.92. The van der Waals surface area contributed by atoms with Gasteiger partial charge in [-0.2, -0.15) is 0 Å². The normalized spacial score (nSPS) is 19.2. The molecule has 0 spiro atoms. The molecule has 0 bridgehead atoms. The number of fused-ring (bicyclic) bond motifs is 1. The molecule has 0 saturated carbocycles. The maximum absolute atomic E-state index is 11.1. The van der Waals surface area contributed by atoms with Crippen LogP contribution in [0.3, 0.4) is 0 Å². The van der Waals surface area contributed by atoms with Gasteiger partial charge in [-0.15, -0.1) is 0 Å². The second-order valence-corrected chi connectivity index (χ2v) is 4.40. The number of nitrogens with two attached hydrogens (primary N) is 1. The molecule has 3 N–H and O–H groups in total. The Hall–Kier alpha value is -1.29. The van der Waals surface area contributed by atoms with E-state index in [1.54, 1.807) is 7.05 Å². The fraction of sp³-hybridized carbons (Fsp3) is 0.583. The van der Waals surface area contributed by atoms with E-state index in [0.717, 1.165) is 19.4 Å². The zero-order valence-electron chi connectivity index (χ0n) is 9.70. The minimum atomic E-state index is 0.0796. The fourth-order valence-corrected chi connectivity index (χ4v) is 2.27. The van der Waals surface area contributed by atoms with Crippen LogP contribution in [0.5, 0.6) is 0 Å². The number of hydrogen-bond donors (Lipinski definition) is 2. The Labute approximate surface area is 95.8 Å². The Bertz CT molecular complexity index is 384. The van der Waals surface area contributed by atoms with Crippen LogP contribution in [0.4, 0.5) is 0 Å². The van der Waals surface area contributed by atoms with Gasteiger partial charge in [-0.1, -0.05) is 0 Å². The van der Waals surface area contributed by atoms with Crippen LogP contribution in [0.1, 0.15) is 36.4 Å². The van der Waals surface area contributed by atoms with Gasteiger partial charge in [0.25, 0.3) is 0 Å². The number of nitrogens with one attached hydrogen (secondary N) is 1. The van der Waals surface area contributed by atoms with Gasteiger partial charge in [0, 0.05) is 38.4 Å². The van der Waals surface area contributed by atoms with Crippen molar-refractivity contribution in [2.45, 2.75) is 38.3 Å². The molecule has 16 heavy (non-hydrogen) atoms. The summed E-state index contributed by atoms with van der Waals surface area (Å²) in [6.45, 7) is 0.736. The summed E-state index contributed by atoms with van der Waals surface area (Å²) >= 11 is 0. The summed E-state index contributed by atoms with van der Waals surface area (Å²) in [6.07, 6.45) is 8.13. The largest absolute Gasteiger partial charge is 0.359 e. The standard InChI is InChI=1S/C12H19N3O/c1-14-12(16)5-6-15-7-9-3-2-4-11(13)10(9)8-15/h7-8,11H,2-6,13H2,1H3,(H,14,16). The highest BCUT2D eigenvalue weighted by atomic mass is 16.1. The van der Waals surface area contributed by atoms with Crippen LogP contribution in [0.15, 0.2) is 12.4 Å². The molecule has 0 aliphatic heterocycles. The molecule has 1 aromatic rings. The van der Waals surface area contributed by atoms with Gasteiger partial charge in [-0.3, -0.25) is 4.79 Å². The van der Waals surface area contributed by atoms with Gasteiger partial charge in [-0.05, 0) is 30.4 Å². The first-order chi connectivity index (χ1) is 7.70. The summed E-state index contributed by atoms with van der Waals surface area (Å²) in [5.74, 6) is 0.0796. The van der Waals surface area contributed by atoms with E-state index in [0.29, 0.717) is 6.42 Å². The Morgan fingerprint density at radius 2 is 2.44 bits per heavy atom. The second-order valence-electron chi connectivity index (χ2n) is 4.40. The first-order valence-corrected chi connectivity index (χ1v) is 5.85. The molecule has 0 radical (unpaired) electrons. The molecule has 4 nitrogen and oxygen atoms in total. The van der Waals surface area contributed by atoms with E-state index in [2.05, 4.69) is 22.3 Å². The molecule has 1 aliphatic rings. The number of aryl methyl sites for hydroxylation is 2. The van der Waals surface area contributed by atoms with Crippen LogP contribution in [-0.2, 0) is 17.8 Å². The number of aromatic nitrogens is 1. The van der Waals surface area contributed by atoms with E-state index in [1.807, 2.05) is 0 Å². The zero-order valence-corrected chi connectivity index (χ0v) is 9.70. The number of rotatable bonds is 3. The third-order valence-electron chi connectivity index (χ3n) is 3.23. The molecule has 0 saturated heterocycles. The number of hydrogen-bond acceptors (Lipinski definition) is 2. The van der Waals surface area contributed by atoms with Crippen molar-refractivity contribution in [3.05, 3.63) is 23.5 Å². The predicted octanol–water partition coefficient (Wildman–Crippen LogP) is 0.960. The third kappa shape index (κ3) is 2.27. The lowest BCUT2D eigenvalue weighted by Crippen LogP contribution is -2.19. The highest BCUT2D eigenvalue weighted by Gasteiger charge is 2.18. The van der Waals surface area contributed by atoms with E-state index < -0.39 is 0 Å². The Morgan fingerprint density at radius 1 is 1.62 bits per heavy atom. The topological polar surface area (TPSA) is 60.0 Å². The van der Waals surface area contributed by atoms with Gasteiger partial charge in [-0.25, -0.2) is 0 Å². The summed E-state index contributed by atoms with van der Waals surface area (Å²) in [6, 6.07) is 0.185. The van der Waals surface area contributed by atoms with Crippen molar-refractivity contribution in [1.29, 1.82) is 0 Å². The molecule has 1 unspecified atom stereocenters. The average molecular weight is 221 g/mol. The molecular weight excluding hydrogens is 202 g/mol. The van der Waals surface area contributed by atoms with E-state index in [4.69, 9.17) is 5.73 Å². The molecule has 0 aromatic carbocycles. The maximum atomic E-state index is 11.1. The first kappa shape index (κ1) is 11.2. The summed E-state index contributed by atoms with van der Waals surface area (Å²) in [4.78, 5) is 11.1. The van der Waals surface area contributed by atoms with Crippen molar-refractivity contribution in [3.8, 4) is 0 Å². The van der Waals surface area contributed by atoms with Crippen molar-refractivity contribution < 1.29 is 4.79 Å². The van der Waals surface area contributed by atoms with Gasteiger partial charge in [0.1, 0.15) is 0 Å². The number of carbonyl (C=O) groups excluding carboxylic acids is 1. The molecule has 1 aliphatic carbocycles. The molecule has 88 valence electrons. The van der Waals surface area contributed by atoms with E-state index in [-0.39, 0.29) is 11.9 Å². The van der Waals surface area contributed by atoms with Gasteiger partial charge in [0.15, 0.2) is 0 Å². The molecule has 1 amide bonds. The van der Waals surface area contributed by atoms with E-state index >= 15 is 0 Å². The minimum Gasteiger partial charge on any atom is -0.359 e. The predicted molar refractivity (Wildman–Crippen MR) is 63.0 cm³/mol. The lowest BCUT2D eigenvalue weighted by molar-refractivity contribution is -0.120. The maximum Gasteiger partial charge on any atom is 0.221 e. The van der Waals surface area contributed by atoms with Crippen molar-refractivity contribution in [2.75, 3.05) is 7.05 Å². The van der Waals surface area contributed by atoms with Gasteiger partial charge >= 0.3 is 0 Å². The van der Waals surface area contributed by atoms with E-state index in [1.165, 1.54) is 17.5 Å². The fourth-order valence-electron chi connectivity index (χ4n) is 2.27. The summed E-state index contributed by atoms with van der Waals surface area (Å²) in [5.41, 5.74) is 8.67. The molecule has 0 fully saturated rings. The minimum absolute atomic E-state index is 0.0796. The van der Waals surface area contributed by atoms with Crippen LogP contribution in [0.25, 0.3) is 0 Å². The smallest absolute Gasteiger partial charge is 0.221 e. The van der Waals surface area contributed by atoms with Crippen LogP contribution >= 0.6 is 0 Å². The SMILES string of the molecule is CNC(=O)CCn1cc2c(c1)C(N)CCC2. The van der Waals surface area contributed by atoms with Crippen molar-refractivity contribution in [1.82, 2.24) is 9.88 Å². The number of carbonyl (C=O) groups is 1. The first-order valence-electron chi connectivity index (χ1n) is 5.85. The quantitative estimate of drug-likeness (QED) is 0.798. The highest BCUT2D eigenvalue weighted by molar-refractivity contribution is 5.75. The highest BCUT2D eigenvalue weighted by Crippen LogP contribution is 2.28. The van der Waals surface area contributed by atoms with Crippen molar-refractivity contribution in [3.63, 3.8) is 0 Å². The van der Waals surface area contributed by atoms with Gasteiger partial charge in [0.2, 0.25) is 5.91 Å². The number of nitrogens with zero attached hydrogens (tertiary/aromatic N) is 1. The van der Waals surface area contributed by atoms with Crippen LogP contribution in [-0.4, -0.2) is 17.5 Å². The summed E-state index contributed by atoms with van der Waals surface area (Å²) < 4.78 is 2.09. The lowest BCUT2D eigenvalue weighted by Gasteiger charge is -2.17. The summed E-state index contributed by atoms with van der Waals surface area (Å²) in [7, 11) is 1.67. The molecule has 1 aromatic heterocycles. The van der Waals surface area contributed by atoms with Crippen LogP contribution in [0, 0.1) is 0 Å². The van der Waals surface area contributed by atoms with Crippen molar-refractivity contribution >= 4 is 5.91 Å². The van der Waals surface area contributed by atoms with Crippen molar-refractivity contribution in [2.24, 2.45) is 5.73 Å². The average Bonchev–Trinajstić information content (AvgIpc) is 2.70. The van der Waals surface area contributed by atoms with Crippen LogP contribution < -0.4 is 11.1 Å². The number of amides is 1. The third-order valence-corrected chi connectivity index (χ3v) is 3.23. The Balaban J connectivity index is 2.04. The van der Waals surface area contributed by atoms with Gasteiger partial charge < -0.3 is 15.6 Å².